The molecule has 30 heavy (non-hydrogen) atoms. The second-order valence-electron chi connectivity index (χ2n) is 7.02. The van der Waals surface area contributed by atoms with Crippen LogP contribution >= 0.6 is 0 Å². The molecular weight excluding hydrogens is 395 g/mol. The van der Waals surface area contributed by atoms with Gasteiger partial charge in [0, 0.05) is 19.0 Å². The molecule has 0 bridgehead atoms. The fourth-order valence-corrected chi connectivity index (χ4v) is 3.46. The quantitative estimate of drug-likeness (QED) is 0.782. The molecule has 0 aromatic heterocycles. The van der Waals surface area contributed by atoms with Gasteiger partial charge in [-0.2, -0.15) is 5.26 Å². The number of rotatable bonds is 4. The highest BCUT2D eigenvalue weighted by molar-refractivity contribution is 6.09. The number of benzene rings is 2. The Balaban J connectivity index is 2.01. The Bertz CT molecular complexity index is 1090. The molecule has 154 valence electrons. The van der Waals surface area contributed by atoms with Crippen LogP contribution in [0.3, 0.4) is 0 Å². The molecule has 5 nitrogen and oxygen atoms in total. The summed E-state index contributed by atoms with van der Waals surface area (Å²) in [6.45, 7) is 1.73. The summed E-state index contributed by atoms with van der Waals surface area (Å²) in [5.41, 5.74) is -1.43. The van der Waals surface area contributed by atoms with Gasteiger partial charge in [0.15, 0.2) is 11.6 Å². The zero-order valence-corrected chi connectivity index (χ0v) is 16.3. The monoisotopic (exact) mass is 413 g/mol. The predicted molar refractivity (Wildman–Crippen MR) is 103 cm³/mol. The molecule has 2 amide bonds. The van der Waals surface area contributed by atoms with Crippen LogP contribution in [0.25, 0.3) is 6.08 Å². The van der Waals surface area contributed by atoms with Crippen LogP contribution in [0.15, 0.2) is 42.1 Å². The minimum Gasteiger partial charge on any atom is -0.336 e. The van der Waals surface area contributed by atoms with Crippen molar-refractivity contribution in [3.05, 3.63) is 76.2 Å². The van der Waals surface area contributed by atoms with E-state index in [1.54, 1.807) is 13.0 Å². The summed E-state index contributed by atoms with van der Waals surface area (Å²) >= 11 is 0. The van der Waals surface area contributed by atoms with Crippen molar-refractivity contribution in [1.29, 1.82) is 5.26 Å². The van der Waals surface area contributed by atoms with Gasteiger partial charge >= 0.3 is 0 Å². The molecule has 0 aliphatic carbocycles. The van der Waals surface area contributed by atoms with Gasteiger partial charge in [0.2, 0.25) is 0 Å². The molecule has 8 heteroatoms. The van der Waals surface area contributed by atoms with Crippen molar-refractivity contribution in [3.8, 4) is 6.07 Å². The van der Waals surface area contributed by atoms with Crippen LogP contribution in [-0.2, 0) is 16.0 Å². The second kappa shape index (κ2) is 8.03. The van der Waals surface area contributed by atoms with E-state index in [1.165, 1.54) is 31.3 Å². The molecule has 0 saturated carbocycles. The number of nitrogens with one attached hydrogen (secondary N) is 1. The highest BCUT2D eigenvalue weighted by Crippen LogP contribution is 2.29. The number of piperazine rings is 1. The van der Waals surface area contributed by atoms with Crippen molar-refractivity contribution >= 4 is 17.9 Å². The van der Waals surface area contributed by atoms with Gasteiger partial charge in [0.25, 0.3) is 11.8 Å². The van der Waals surface area contributed by atoms with E-state index < -0.39 is 40.4 Å². The molecule has 1 aliphatic rings. The predicted octanol–water partition coefficient (Wildman–Crippen LogP) is 3.30. The Kier molecular flexibility index (Phi) is 5.65. The number of halogens is 3. The average molecular weight is 413 g/mol. The zero-order valence-electron chi connectivity index (χ0n) is 16.3. The number of carbonyl (C=O) groups is 2. The van der Waals surface area contributed by atoms with Crippen molar-refractivity contribution in [1.82, 2.24) is 10.2 Å². The van der Waals surface area contributed by atoms with Crippen molar-refractivity contribution in [2.45, 2.75) is 25.3 Å². The lowest BCUT2D eigenvalue weighted by Gasteiger charge is -2.41. The number of nitriles is 1. The highest BCUT2D eigenvalue weighted by Gasteiger charge is 2.46. The minimum atomic E-state index is -1.28. The number of nitrogens with zero attached hydrogens (tertiary/aromatic N) is 2. The van der Waals surface area contributed by atoms with E-state index in [0.29, 0.717) is 5.56 Å². The van der Waals surface area contributed by atoms with Crippen molar-refractivity contribution in [2.75, 3.05) is 7.05 Å². The summed E-state index contributed by atoms with van der Waals surface area (Å²) in [4.78, 5) is 27.1. The van der Waals surface area contributed by atoms with E-state index in [1.807, 2.05) is 0 Å². The van der Waals surface area contributed by atoms with Gasteiger partial charge in [0.05, 0.1) is 11.6 Å². The number of likely N-dealkylation sites (N-methyl/N-ethyl adjacent to an activating group) is 1. The third-order valence-electron chi connectivity index (χ3n) is 5.22. The second-order valence-corrected chi connectivity index (χ2v) is 7.02. The van der Waals surface area contributed by atoms with Crippen molar-refractivity contribution in [3.63, 3.8) is 0 Å². The molecule has 2 aromatic carbocycles. The van der Waals surface area contributed by atoms with E-state index in [2.05, 4.69) is 5.32 Å². The molecule has 1 unspecified atom stereocenters. The Labute approximate surface area is 171 Å². The van der Waals surface area contributed by atoms with E-state index >= 15 is 0 Å². The molecule has 1 heterocycles. The number of carbonyl (C=O) groups excluding carboxylic acids is 2. The summed E-state index contributed by atoms with van der Waals surface area (Å²) in [5.74, 6) is -4.01. The van der Waals surface area contributed by atoms with Crippen LogP contribution in [0.5, 0.6) is 0 Å². The summed E-state index contributed by atoms with van der Waals surface area (Å²) in [7, 11) is 1.35. The Hall–Kier alpha value is -3.60. The van der Waals surface area contributed by atoms with Gasteiger partial charge in [-0.25, -0.2) is 13.2 Å². The first-order chi connectivity index (χ1) is 14.2. The van der Waals surface area contributed by atoms with E-state index in [-0.39, 0.29) is 24.1 Å². The topological polar surface area (TPSA) is 73.2 Å². The lowest BCUT2D eigenvalue weighted by atomic mass is 9.84. The van der Waals surface area contributed by atoms with Gasteiger partial charge < -0.3 is 10.2 Å². The Morgan fingerprint density at radius 2 is 1.80 bits per heavy atom. The van der Waals surface area contributed by atoms with Gasteiger partial charge in [0.1, 0.15) is 17.1 Å². The van der Waals surface area contributed by atoms with Crippen molar-refractivity contribution < 1.29 is 22.8 Å². The lowest BCUT2D eigenvalue weighted by molar-refractivity contribution is -0.144. The van der Waals surface area contributed by atoms with Crippen LogP contribution in [0, 0.1) is 28.8 Å². The standard InChI is InChI=1S/C22H18F3N3O2/c1-3-22(11-13-4-7-15(23)8-5-13)21(30)28(2)18(20(29)27-22)10-16-14(12-26)6-9-17(24)19(16)25/h4-10H,3,11H2,1-2H3,(H,27,29)/b18-10+. The van der Waals surface area contributed by atoms with Gasteiger partial charge in [-0.05, 0) is 42.3 Å². The summed E-state index contributed by atoms with van der Waals surface area (Å²) in [5, 5.41) is 11.8. The number of hydrogen-bond acceptors (Lipinski definition) is 3. The van der Waals surface area contributed by atoms with Crippen LogP contribution in [-0.4, -0.2) is 29.3 Å². The summed E-state index contributed by atoms with van der Waals surface area (Å²) < 4.78 is 41.1. The van der Waals surface area contributed by atoms with Gasteiger partial charge in [-0.1, -0.05) is 19.1 Å². The van der Waals surface area contributed by atoms with Crippen LogP contribution in [0.2, 0.25) is 0 Å². The first kappa shape index (κ1) is 21.1. The van der Waals surface area contributed by atoms with Crippen LogP contribution < -0.4 is 5.32 Å². The molecule has 3 rings (SSSR count). The maximum Gasteiger partial charge on any atom is 0.268 e. The third kappa shape index (κ3) is 3.66. The Morgan fingerprint density at radius 3 is 2.40 bits per heavy atom. The van der Waals surface area contributed by atoms with Gasteiger partial charge in [-0.15, -0.1) is 0 Å². The Morgan fingerprint density at radius 1 is 1.13 bits per heavy atom. The first-order valence-electron chi connectivity index (χ1n) is 9.17. The maximum atomic E-state index is 14.3. The van der Waals surface area contributed by atoms with E-state index in [4.69, 9.17) is 0 Å². The molecule has 1 atom stereocenters. The average Bonchev–Trinajstić information content (AvgIpc) is 2.73. The highest BCUT2D eigenvalue weighted by atomic mass is 19.2. The third-order valence-corrected chi connectivity index (χ3v) is 5.22. The van der Waals surface area contributed by atoms with Crippen molar-refractivity contribution in [2.24, 2.45) is 0 Å². The molecule has 0 spiro atoms. The fourth-order valence-electron chi connectivity index (χ4n) is 3.46. The molecular formula is C22H18F3N3O2. The molecule has 1 aliphatic heterocycles. The van der Waals surface area contributed by atoms with E-state index in [9.17, 15) is 28.0 Å². The SMILES string of the molecule is CCC1(Cc2ccc(F)cc2)NC(=O)/C(=C\c2c(C#N)ccc(F)c2F)N(C)C1=O. The molecule has 1 fully saturated rings. The summed E-state index contributed by atoms with van der Waals surface area (Å²) in [6.07, 6.45) is 1.37. The maximum absolute atomic E-state index is 14.3. The molecule has 0 radical (unpaired) electrons. The number of amides is 2. The van der Waals surface area contributed by atoms with Gasteiger partial charge in [-0.3, -0.25) is 9.59 Å². The largest absolute Gasteiger partial charge is 0.336 e. The molecule has 1 saturated heterocycles. The fraction of sp³-hybridized carbons (Fsp3) is 0.227. The molecule has 2 aromatic rings. The zero-order chi connectivity index (χ0) is 22.1. The number of hydrogen-bond donors (Lipinski definition) is 1. The minimum absolute atomic E-state index is 0.129. The smallest absolute Gasteiger partial charge is 0.268 e. The molecule has 1 N–H and O–H groups in total. The van der Waals surface area contributed by atoms with Crippen LogP contribution in [0.1, 0.15) is 30.0 Å². The normalized spacial score (nSPS) is 20.3. The van der Waals surface area contributed by atoms with E-state index in [0.717, 1.165) is 23.1 Å². The van der Waals surface area contributed by atoms with Crippen LogP contribution in [0.4, 0.5) is 13.2 Å². The summed E-state index contributed by atoms with van der Waals surface area (Å²) in [6, 6.07) is 9.23. The first-order valence-corrected chi connectivity index (χ1v) is 9.17. The lowest BCUT2D eigenvalue weighted by Crippen LogP contribution is -2.65.